The zero-order chi connectivity index (χ0) is 22.2. The highest BCUT2D eigenvalue weighted by Gasteiger charge is 2.45. The summed E-state index contributed by atoms with van der Waals surface area (Å²) in [5, 5.41) is 11.5. The predicted octanol–water partition coefficient (Wildman–Crippen LogP) is 5.35. The molecule has 1 N–H and O–H groups in total. The molecule has 0 spiro atoms. The smallest absolute Gasteiger partial charge is 0.290 e. The van der Waals surface area contributed by atoms with Gasteiger partial charge in [-0.05, 0) is 23.8 Å². The quantitative estimate of drug-likeness (QED) is 0.436. The molecule has 2 heterocycles. The van der Waals surface area contributed by atoms with Gasteiger partial charge >= 0.3 is 0 Å². The van der Waals surface area contributed by atoms with Crippen molar-refractivity contribution in [3.05, 3.63) is 119 Å². The van der Waals surface area contributed by atoms with E-state index in [1.54, 1.807) is 30.3 Å². The second-order valence-electron chi connectivity index (χ2n) is 7.58. The number of halogens is 1. The number of hydrogen-bond donors (Lipinski definition) is 1. The molecule has 6 heteroatoms. The van der Waals surface area contributed by atoms with E-state index in [1.807, 2.05) is 36.4 Å². The number of hydrogen-bond acceptors (Lipinski definition) is 4. The van der Waals surface area contributed by atoms with Crippen LogP contribution >= 0.6 is 0 Å². The Kier molecular flexibility index (Phi) is 4.82. The van der Waals surface area contributed by atoms with Crippen LogP contribution in [0.1, 0.15) is 27.7 Å². The molecule has 4 aromatic rings. The molecule has 1 aromatic heterocycles. The average molecular weight is 427 g/mol. The van der Waals surface area contributed by atoms with E-state index in [-0.39, 0.29) is 23.4 Å². The molecule has 0 radical (unpaired) electrons. The van der Waals surface area contributed by atoms with Crippen molar-refractivity contribution in [2.24, 2.45) is 0 Å². The zero-order valence-corrected chi connectivity index (χ0v) is 16.9. The van der Waals surface area contributed by atoms with Crippen molar-refractivity contribution < 1.29 is 23.5 Å². The van der Waals surface area contributed by atoms with Gasteiger partial charge in [-0.25, -0.2) is 4.39 Å². The predicted molar refractivity (Wildman–Crippen MR) is 116 cm³/mol. The number of fused-ring (bicyclic) bond motifs is 1. The van der Waals surface area contributed by atoms with Gasteiger partial charge in [-0.2, -0.15) is 0 Å². The van der Waals surface area contributed by atoms with E-state index in [0.717, 1.165) is 5.56 Å². The number of para-hydroxylation sites is 1. The molecule has 1 amide bonds. The van der Waals surface area contributed by atoms with E-state index in [4.69, 9.17) is 4.42 Å². The number of ketones is 1. The number of carbonyl (C=O) groups excluding carboxylic acids is 2. The molecule has 0 saturated carbocycles. The lowest BCUT2D eigenvalue weighted by Crippen LogP contribution is -2.31. The maximum atomic E-state index is 14.8. The molecule has 1 aliphatic heterocycles. The van der Waals surface area contributed by atoms with Gasteiger partial charge in [-0.3, -0.25) is 9.59 Å². The summed E-state index contributed by atoms with van der Waals surface area (Å²) in [4.78, 5) is 27.8. The summed E-state index contributed by atoms with van der Waals surface area (Å²) in [5.41, 5.74) is 1.21. The topological polar surface area (TPSA) is 70.8 Å². The van der Waals surface area contributed by atoms with Crippen LogP contribution in [0.4, 0.5) is 4.39 Å². The molecule has 5 rings (SSSR count). The number of Topliss-reactive ketones (excluding diaryl/α,β-unsaturated/α-hetero) is 1. The molecule has 0 bridgehead atoms. The maximum Gasteiger partial charge on any atom is 0.290 e. The molecular weight excluding hydrogens is 409 g/mol. The van der Waals surface area contributed by atoms with Crippen molar-refractivity contribution in [2.45, 2.75) is 12.6 Å². The third-order valence-corrected chi connectivity index (χ3v) is 5.59. The number of rotatable bonds is 5. The van der Waals surface area contributed by atoms with Crippen LogP contribution in [0.3, 0.4) is 0 Å². The highest BCUT2D eigenvalue weighted by Crippen LogP contribution is 2.41. The summed E-state index contributed by atoms with van der Waals surface area (Å²) in [5.74, 6) is -2.69. The second-order valence-corrected chi connectivity index (χ2v) is 7.58. The van der Waals surface area contributed by atoms with Gasteiger partial charge in [0, 0.05) is 17.5 Å². The Bertz CT molecular complexity index is 1340. The van der Waals surface area contributed by atoms with Gasteiger partial charge in [-0.15, -0.1) is 0 Å². The fraction of sp³-hybridized carbons (Fsp3) is 0.0769. The minimum Gasteiger partial charge on any atom is -0.503 e. The Balaban J connectivity index is 1.62. The maximum absolute atomic E-state index is 14.8. The van der Waals surface area contributed by atoms with Crippen LogP contribution in [0.15, 0.2) is 101 Å². The van der Waals surface area contributed by atoms with Crippen molar-refractivity contribution in [3.63, 3.8) is 0 Å². The average Bonchev–Trinajstić information content (AvgIpc) is 3.35. The molecular formula is C26H18FNO4. The molecule has 158 valence electrons. The van der Waals surface area contributed by atoms with E-state index in [9.17, 15) is 19.1 Å². The van der Waals surface area contributed by atoms with E-state index in [2.05, 4.69) is 0 Å². The van der Waals surface area contributed by atoms with Gasteiger partial charge in [0.15, 0.2) is 11.5 Å². The number of nitrogens with zero attached hydrogens (tertiary/aromatic N) is 1. The van der Waals surface area contributed by atoms with Crippen molar-refractivity contribution in [2.75, 3.05) is 0 Å². The van der Waals surface area contributed by atoms with Crippen LogP contribution in [-0.4, -0.2) is 21.7 Å². The van der Waals surface area contributed by atoms with Crippen LogP contribution in [0, 0.1) is 5.82 Å². The highest BCUT2D eigenvalue weighted by molar-refractivity contribution is 6.16. The molecule has 0 fully saturated rings. The highest BCUT2D eigenvalue weighted by atomic mass is 19.1. The lowest BCUT2D eigenvalue weighted by molar-refractivity contribution is -0.130. The number of aliphatic hydroxyl groups excluding tert-OH is 1. The summed E-state index contributed by atoms with van der Waals surface area (Å²) < 4.78 is 20.5. The van der Waals surface area contributed by atoms with Gasteiger partial charge in [0.25, 0.3) is 5.91 Å². The Hall–Kier alpha value is -4.19. The third-order valence-electron chi connectivity index (χ3n) is 5.59. The van der Waals surface area contributed by atoms with E-state index in [0.29, 0.717) is 11.0 Å². The number of furan rings is 1. The summed E-state index contributed by atoms with van der Waals surface area (Å²) in [6, 6.07) is 22.6. The monoisotopic (exact) mass is 427 g/mol. The summed E-state index contributed by atoms with van der Waals surface area (Å²) >= 11 is 0. The zero-order valence-electron chi connectivity index (χ0n) is 16.9. The number of benzene rings is 3. The van der Waals surface area contributed by atoms with Crippen LogP contribution < -0.4 is 0 Å². The first-order chi connectivity index (χ1) is 15.5. The van der Waals surface area contributed by atoms with E-state index >= 15 is 0 Å². The lowest BCUT2D eigenvalue weighted by Gasteiger charge is -2.27. The molecule has 32 heavy (non-hydrogen) atoms. The van der Waals surface area contributed by atoms with E-state index < -0.39 is 29.3 Å². The second kappa shape index (κ2) is 7.81. The first-order valence-corrected chi connectivity index (χ1v) is 10.1. The van der Waals surface area contributed by atoms with Crippen molar-refractivity contribution in [1.29, 1.82) is 0 Å². The van der Waals surface area contributed by atoms with Gasteiger partial charge in [-0.1, -0.05) is 66.7 Å². The number of amides is 1. The van der Waals surface area contributed by atoms with Crippen molar-refractivity contribution in [3.8, 4) is 0 Å². The summed E-state index contributed by atoms with van der Waals surface area (Å²) in [6.45, 7) is 0.0969. The van der Waals surface area contributed by atoms with Crippen LogP contribution in [0.25, 0.3) is 11.0 Å². The largest absolute Gasteiger partial charge is 0.503 e. The Morgan fingerprint density at radius 1 is 0.969 bits per heavy atom. The summed E-state index contributed by atoms with van der Waals surface area (Å²) in [7, 11) is 0. The molecule has 0 saturated heterocycles. The molecule has 1 aliphatic rings. The first kappa shape index (κ1) is 19.8. The molecule has 5 nitrogen and oxygen atoms in total. The van der Waals surface area contributed by atoms with Crippen LogP contribution in [-0.2, 0) is 11.3 Å². The van der Waals surface area contributed by atoms with Gasteiger partial charge in [0.1, 0.15) is 11.4 Å². The summed E-state index contributed by atoms with van der Waals surface area (Å²) in [6.07, 6.45) is 0. The number of carbonyl (C=O) groups is 2. The normalized spacial score (nSPS) is 16.2. The van der Waals surface area contributed by atoms with Gasteiger partial charge in [0.2, 0.25) is 5.78 Å². The minimum absolute atomic E-state index is 0.0246. The minimum atomic E-state index is -1.09. The third kappa shape index (κ3) is 3.26. The van der Waals surface area contributed by atoms with Crippen LogP contribution in [0.2, 0.25) is 0 Å². The fourth-order valence-electron chi connectivity index (χ4n) is 4.08. The Morgan fingerprint density at radius 3 is 2.41 bits per heavy atom. The molecule has 3 aromatic carbocycles. The van der Waals surface area contributed by atoms with Gasteiger partial charge < -0.3 is 14.4 Å². The lowest BCUT2D eigenvalue weighted by atomic mass is 9.94. The first-order valence-electron chi connectivity index (χ1n) is 10.1. The molecule has 0 aliphatic carbocycles. The molecule has 1 unspecified atom stereocenters. The standard InChI is InChI=1S/C26H18FNO4/c27-19-12-6-5-11-18(19)23-22(24(29)21-14-17-10-4-7-13-20(17)32-21)25(30)26(31)28(23)15-16-8-2-1-3-9-16/h1-14,23,30H,15H2. The molecule has 1 atom stereocenters. The Labute approximate surface area is 183 Å². The van der Waals surface area contributed by atoms with Crippen molar-refractivity contribution in [1.82, 2.24) is 4.90 Å². The van der Waals surface area contributed by atoms with E-state index in [1.165, 1.54) is 23.1 Å². The fourth-order valence-corrected chi connectivity index (χ4v) is 4.08. The van der Waals surface area contributed by atoms with Crippen molar-refractivity contribution >= 4 is 22.7 Å². The SMILES string of the molecule is O=C(C1=C(O)C(=O)N(Cc2ccccc2)C1c1ccccc1F)c1cc2ccccc2o1. The van der Waals surface area contributed by atoms with Gasteiger partial charge in [0.05, 0.1) is 11.6 Å². The number of aliphatic hydroxyl groups is 1. The van der Waals surface area contributed by atoms with Crippen LogP contribution in [0.5, 0.6) is 0 Å². The Morgan fingerprint density at radius 2 is 1.66 bits per heavy atom.